The lowest BCUT2D eigenvalue weighted by Gasteiger charge is -2.09. The standard InChI is InChI=1S/C6H10F3NS/c7-6(8,9)4-11-5-1-2-10-3-5/h5,10H,1-4H2. The van der Waals surface area contributed by atoms with Crippen molar-refractivity contribution in [3.05, 3.63) is 0 Å². The first-order chi connectivity index (χ1) is 5.08. The molecule has 1 unspecified atom stereocenters. The van der Waals surface area contributed by atoms with Crippen molar-refractivity contribution in [2.24, 2.45) is 0 Å². The Kier molecular flexibility index (Phi) is 3.06. The van der Waals surface area contributed by atoms with E-state index >= 15 is 0 Å². The van der Waals surface area contributed by atoms with Crippen LogP contribution in [0.25, 0.3) is 0 Å². The summed E-state index contributed by atoms with van der Waals surface area (Å²) in [6.45, 7) is 1.58. The van der Waals surface area contributed by atoms with Crippen LogP contribution >= 0.6 is 11.8 Å². The molecule has 1 nitrogen and oxygen atoms in total. The van der Waals surface area contributed by atoms with Gasteiger partial charge in [0.15, 0.2) is 0 Å². The summed E-state index contributed by atoms with van der Waals surface area (Å²) < 4.78 is 35.0. The number of hydrogen-bond acceptors (Lipinski definition) is 2. The fourth-order valence-electron chi connectivity index (χ4n) is 0.983. The Hall–Kier alpha value is 0.1000. The van der Waals surface area contributed by atoms with Gasteiger partial charge in [-0.1, -0.05) is 0 Å². The topological polar surface area (TPSA) is 12.0 Å². The third kappa shape index (κ3) is 3.86. The summed E-state index contributed by atoms with van der Waals surface area (Å²) >= 11 is 1.00. The molecule has 0 aromatic heterocycles. The predicted molar refractivity (Wildman–Crippen MR) is 39.8 cm³/mol. The highest BCUT2D eigenvalue weighted by Gasteiger charge is 2.29. The SMILES string of the molecule is FC(F)(F)CSC1CCNC1. The molecular formula is C6H10F3NS. The predicted octanol–water partition coefficient (Wildman–Crippen LogP) is 1.64. The Bertz CT molecular complexity index is 119. The normalized spacial score (nSPS) is 25.9. The Morgan fingerprint density at radius 3 is 2.64 bits per heavy atom. The van der Waals surface area contributed by atoms with Gasteiger partial charge in [0.05, 0.1) is 5.75 Å². The van der Waals surface area contributed by atoms with Crippen LogP contribution in [0.3, 0.4) is 0 Å². The molecule has 1 rings (SSSR count). The highest BCUT2D eigenvalue weighted by molar-refractivity contribution is 8.00. The molecule has 0 bridgehead atoms. The van der Waals surface area contributed by atoms with Gasteiger partial charge in [-0.2, -0.15) is 13.2 Å². The van der Waals surface area contributed by atoms with E-state index in [1.807, 2.05) is 0 Å². The van der Waals surface area contributed by atoms with Crippen LogP contribution in [0, 0.1) is 0 Å². The van der Waals surface area contributed by atoms with Gasteiger partial charge in [0.2, 0.25) is 0 Å². The van der Waals surface area contributed by atoms with Crippen molar-refractivity contribution in [2.45, 2.75) is 17.8 Å². The van der Waals surface area contributed by atoms with Gasteiger partial charge >= 0.3 is 6.18 Å². The maximum Gasteiger partial charge on any atom is 0.397 e. The number of rotatable bonds is 2. The third-order valence-corrected chi connectivity index (χ3v) is 2.87. The second-order valence-electron chi connectivity index (χ2n) is 2.54. The van der Waals surface area contributed by atoms with Crippen molar-refractivity contribution in [1.82, 2.24) is 5.32 Å². The molecule has 1 saturated heterocycles. The average molecular weight is 185 g/mol. The van der Waals surface area contributed by atoms with E-state index in [-0.39, 0.29) is 5.25 Å². The van der Waals surface area contributed by atoms with Gasteiger partial charge in [-0.3, -0.25) is 0 Å². The van der Waals surface area contributed by atoms with E-state index in [1.54, 1.807) is 0 Å². The van der Waals surface area contributed by atoms with Crippen LogP contribution in [-0.4, -0.2) is 30.3 Å². The van der Waals surface area contributed by atoms with E-state index in [0.29, 0.717) is 0 Å². The second kappa shape index (κ2) is 3.67. The Morgan fingerprint density at radius 1 is 1.45 bits per heavy atom. The molecule has 1 atom stereocenters. The zero-order valence-corrected chi connectivity index (χ0v) is 6.76. The lowest BCUT2D eigenvalue weighted by Crippen LogP contribution is -2.16. The fraction of sp³-hybridized carbons (Fsp3) is 1.00. The van der Waals surface area contributed by atoms with Crippen LogP contribution in [0.2, 0.25) is 0 Å². The number of hydrogen-bond donors (Lipinski definition) is 1. The maximum atomic E-state index is 11.7. The largest absolute Gasteiger partial charge is 0.397 e. The van der Waals surface area contributed by atoms with Crippen molar-refractivity contribution in [3.8, 4) is 0 Å². The van der Waals surface area contributed by atoms with Gasteiger partial charge in [-0.05, 0) is 13.0 Å². The molecule has 0 aromatic carbocycles. The molecule has 11 heavy (non-hydrogen) atoms. The van der Waals surface area contributed by atoms with Gasteiger partial charge in [-0.25, -0.2) is 0 Å². The Labute approximate surface area is 67.7 Å². The Balaban J connectivity index is 2.11. The zero-order chi connectivity index (χ0) is 8.32. The van der Waals surface area contributed by atoms with Crippen molar-refractivity contribution < 1.29 is 13.2 Å². The molecule has 0 aliphatic carbocycles. The van der Waals surface area contributed by atoms with Crippen molar-refractivity contribution in [2.75, 3.05) is 18.8 Å². The van der Waals surface area contributed by atoms with Crippen molar-refractivity contribution in [3.63, 3.8) is 0 Å². The first-order valence-electron chi connectivity index (χ1n) is 3.47. The molecule has 1 N–H and O–H groups in total. The van der Waals surface area contributed by atoms with Gasteiger partial charge in [0, 0.05) is 11.8 Å². The van der Waals surface area contributed by atoms with Gasteiger partial charge in [0.1, 0.15) is 0 Å². The third-order valence-electron chi connectivity index (χ3n) is 1.50. The lowest BCUT2D eigenvalue weighted by atomic mass is 10.4. The number of halogens is 3. The summed E-state index contributed by atoms with van der Waals surface area (Å²) in [7, 11) is 0. The zero-order valence-electron chi connectivity index (χ0n) is 5.95. The highest BCUT2D eigenvalue weighted by Crippen LogP contribution is 2.26. The molecule has 1 heterocycles. The first-order valence-corrected chi connectivity index (χ1v) is 4.52. The summed E-state index contributed by atoms with van der Waals surface area (Å²) in [5, 5.41) is 3.18. The molecular weight excluding hydrogens is 175 g/mol. The van der Waals surface area contributed by atoms with Crippen LogP contribution in [-0.2, 0) is 0 Å². The minimum Gasteiger partial charge on any atom is -0.316 e. The smallest absolute Gasteiger partial charge is 0.316 e. The lowest BCUT2D eigenvalue weighted by molar-refractivity contribution is -0.105. The molecule has 0 aromatic rings. The number of thioether (sulfide) groups is 1. The quantitative estimate of drug-likeness (QED) is 0.702. The van der Waals surface area contributed by atoms with E-state index in [0.717, 1.165) is 31.3 Å². The van der Waals surface area contributed by atoms with Crippen LogP contribution < -0.4 is 5.32 Å². The molecule has 0 radical (unpaired) electrons. The minimum absolute atomic E-state index is 0.164. The number of nitrogens with one attached hydrogen (secondary N) is 1. The highest BCUT2D eigenvalue weighted by atomic mass is 32.2. The van der Waals surface area contributed by atoms with Gasteiger partial charge in [0.25, 0.3) is 0 Å². The van der Waals surface area contributed by atoms with Crippen molar-refractivity contribution in [1.29, 1.82) is 0 Å². The molecule has 66 valence electrons. The van der Waals surface area contributed by atoms with Crippen LogP contribution in [0.1, 0.15) is 6.42 Å². The van der Waals surface area contributed by atoms with Crippen molar-refractivity contribution >= 4 is 11.8 Å². The fourth-order valence-corrected chi connectivity index (χ4v) is 1.93. The summed E-state index contributed by atoms with van der Waals surface area (Å²) in [5.74, 6) is -0.709. The van der Waals surface area contributed by atoms with E-state index in [4.69, 9.17) is 0 Å². The second-order valence-corrected chi connectivity index (χ2v) is 3.83. The van der Waals surface area contributed by atoms with Crippen LogP contribution in [0.4, 0.5) is 13.2 Å². The Morgan fingerprint density at radius 2 is 2.18 bits per heavy atom. The van der Waals surface area contributed by atoms with E-state index in [1.165, 1.54) is 0 Å². The summed E-state index contributed by atoms with van der Waals surface area (Å²) in [6.07, 6.45) is -3.14. The summed E-state index contributed by atoms with van der Waals surface area (Å²) in [6, 6.07) is 0. The van der Waals surface area contributed by atoms with Crippen LogP contribution in [0.15, 0.2) is 0 Å². The summed E-state index contributed by atoms with van der Waals surface area (Å²) in [4.78, 5) is 0. The van der Waals surface area contributed by atoms with E-state index in [9.17, 15) is 13.2 Å². The average Bonchev–Trinajstić information content (AvgIpc) is 2.32. The summed E-state index contributed by atoms with van der Waals surface area (Å²) in [5.41, 5.74) is 0. The molecule has 0 amide bonds. The molecule has 5 heteroatoms. The maximum absolute atomic E-state index is 11.7. The monoisotopic (exact) mass is 185 g/mol. The first kappa shape index (κ1) is 9.19. The van der Waals surface area contributed by atoms with Gasteiger partial charge in [-0.15, -0.1) is 11.8 Å². The molecule has 1 aliphatic rings. The molecule has 1 fully saturated rings. The minimum atomic E-state index is -4.01. The number of alkyl halides is 3. The van der Waals surface area contributed by atoms with Crippen LogP contribution in [0.5, 0.6) is 0 Å². The molecule has 1 aliphatic heterocycles. The molecule has 0 spiro atoms. The van der Waals surface area contributed by atoms with Gasteiger partial charge < -0.3 is 5.32 Å². The van der Waals surface area contributed by atoms with E-state index < -0.39 is 11.9 Å². The van der Waals surface area contributed by atoms with E-state index in [2.05, 4.69) is 5.32 Å². The molecule has 0 saturated carbocycles.